The minimum Gasteiger partial charge on any atom is -0.103 e. The van der Waals surface area contributed by atoms with Gasteiger partial charge in [0.25, 0.3) is 0 Å². The molecule has 0 amide bonds. The minimum atomic E-state index is 0.0142. The Kier molecular flexibility index (Phi) is 8.65. The average molecular weight is 242 g/mol. The van der Waals surface area contributed by atoms with E-state index in [2.05, 4.69) is 51.0 Å². The molecule has 0 aliphatic rings. The van der Waals surface area contributed by atoms with Crippen LogP contribution in [0.2, 0.25) is 0 Å². The summed E-state index contributed by atoms with van der Waals surface area (Å²) in [4.78, 5) is 0. The number of unbranched alkanes of at least 4 members (excludes halogenated alkanes) is 1. The summed E-state index contributed by atoms with van der Waals surface area (Å²) in [6, 6.07) is 0. The van der Waals surface area contributed by atoms with Gasteiger partial charge in [-0.2, -0.15) is 0 Å². The molecule has 0 aromatic carbocycles. The topological polar surface area (TPSA) is 0 Å². The van der Waals surface area contributed by atoms with Gasteiger partial charge in [0.1, 0.15) is 0 Å². The number of hydrogen-bond donors (Lipinski definition) is 0. The molecule has 0 aromatic rings. The largest absolute Gasteiger partial charge is 0.103 e. The predicted molar refractivity (Wildman–Crippen MR) is 84.6 cm³/mol. The number of hydrogen-bond acceptors (Lipinski definition) is 0. The van der Waals surface area contributed by atoms with E-state index in [4.69, 9.17) is 0 Å². The van der Waals surface area contributed by atoms with E-state index in [0.717, 1.165) is 19.3 Å². The van der Waals surface area contributed by atoms with Crippen LogP contribution >= 0.6 is 0 Å². The summed E-state index contributed by atoms with van der Waals surface area (Å²) in [7, 11) is 0. The molecule has 0 saturated carbocycles. The van der Waals surface area contributed by atoms with Crippen molar-refractivity contribution in [3.8, 4) is 0 Å². The molecule has 0 heterocycles. The summed E-state index contributed by atoms with van der Waals surface area (Å²) in [6.07, 6.45) is 19.4. The Hall–Kier alpha value is -1.56. The van der Waals surface area contributed by atoms with Gasteiger partial charge in [0, 0.05) is 5.41 Å². The van der Waals surface area contributed by atoms with Crippen molar-refractivity contribution in [2.45, 2.75) is 33.1 Å². The van der Waals surface area contributed by atoms with Gasteiger partial charge >= 0.3 is 0 Å². The highest BCUT2D eigenvalue weighted by Crippen LogP contribution is 2.29. The van der Waals surface area contributed by atoms with Gasteiger partial charge in [-0.1, -0.05) is 67.7 Å². The fraction of sp³-hybridized carbons (Fsp3) is 0.333. The zero-order valence-electron chi connectivity index (χ0n) is 11.9. The van der Waals surface area contributed by atoms with E-state index in [0.29, 0.717) is 0 Å². The van der Waals surface area contributed by atoms with Crippen molar-refractivity contribution >= 4 is 0 Å². The molecule has 0 rings (SSSR count). The van der Waals surface area contributed by atoms with Gasteiger partial charge in [0.2, 0.25) is 0 Å². The van der Waals surface area contributed by atoms with E-state index in [-0.39, 0.29) is 5.41 Å². The van der Waals surface area contributed by atoms with Crippen LogP contribution < -0.4 is 0 Å². The fourth-order valence-electron chi connectivity index (χ4n) is 1.80. The van der Waals surface area contributed by atoms with E-state index < -0.39 is 0 Å². The molecule has 18 heavy (non-hydrogen) atoms. The zero-order chi connectivity index (χ0) is 13.9. The van der Waals surface area contributed by atoms with E-state index in [9.17, 15) is 0 Å². The lowest BCUT2D eigenvalue weighted by molar-refractivity contribution is 0.550. The Labute approximate surface area is 113 Å². The first kappa shape index (κ1) is 16.4. The van der Waals surface area contributed by atoms with Crippen molar-refractivity contribution in [2.75, 3.05) is 0 Å². The smallest absolute Gasteiger partial charge is 0.00701 e. The molecule has 0 aromatic heterocycles. The summed E-state index contributed by atoms with van der Waals surface area (Å²) >= 11 is 0. The first-order valence-electron chi connectivity index (χ1n) is 6.48. The second-order valence-electron chi connectivity index (χ2n) is 4.63. The highest BCUT2D eigenvalue weighted by Gasteiger charge is 2.16. The fourth-order valence-corrected chi connectivity index (χ4v) is 1.80. The van der Waals surface area contributed by atoms with Crippen LogP contribution in [0.4, 0.5) is 0 Å². The van der Waals surface area contributed by atoms with Crippen LogP contribution in [0.3, 0.4) is 0 Å². The van der Waals surface area contributed by atoms with E-state index in [1.54, 1.807) is 0 Å². The molecule has 0 heteroatoms. The van der Waals surface area contributed by atoms with Gasteiger partial charge in [-0.3, -0.25) is 0 Å². The molecule has 0 N–H and O–H groups in total. The summed E-state index contributed by atoms with van der Waals surface area (Å²) in [5, 5.41) is 0. The third kappa shape index (κ3) is 6.90. The average Bonchev–Trinajstić information content (AvgIpc) is 2.36. The molecule has 0 fully saturated rings. The monoisotopic (exact) mass is 242 g/mol. The number of rotatable bonds is 9. The highest BCUT2D eigenvalue weighted by atomic mass is 14.2. The Morgan fingerprint density at radius 2 is 1.89 bits per heavy atom. The van der Waals surface area contributed by atoms with E-state index in [1.807, 2.05) is 31.2 Å². The van der Waals surface area contributed by atoms with Crippen molar-refractivity contribution < 1.29 is 0 Å². The lowest BCUT2D eigenvalue weighted by Gasteiger charge is -2.22. The zero-order valence-corrected chi connectivity index (χ0v) is 11.9. The van der Waals surface area contributed by atoms with Crippen LogP contribution in [0.25, 0.3) is 0 Å². The maximum atomic E-state index is 3.94. The van der Waals surface area contributed by atoms with Crippen LogP contribution in [0.5, 0.6) is 0 Å². The first-order valence-corrected chi connectivity index (χ1v) is 6.48. The second-order valence-corrected chi connectivity index (χ2v) is 4.63. The third-order valence-electron chi connectivity index (χ3n) is 2.82. The molecule has 0 aliphatic carbocycles. The maximum Gasteiger partial charge on any atom is 0.00701 e. The second kappa shape index (κ2) is 9.47. The third-order valence-corrected chi connectivity index (χ3v) is 2.82. The molecule has 0 saturated heterocycles. The molecular weight excluding hydrogens is 216 g/mol. The standard InChI is InChI=1S/C18H26/c1-6-10-12-14-17(13-11-7-2)16-18(5,9-4)15-8-3/h6-9,11,13-15H,1-2,4,10,12,16H2,3,5H3/b13-11-,15-8?,17-14+. The van der Waals surface area contributed by atoms with E-state index in [1.165, 1.54) is 5.57 Å². The maximum absolute atomic E-state index is 3.94. The molecule has 0 radical (unpaired) electrons. The normalized spacial score (nSPS) is 15.8. The van der Waals surface area contributed by atoms with Crippen molar-refractivity contribution in [2.24, 2.45) is 5.41 Å². The SMILES string of the molecule is C=C/C=C\C(=C/CCC=C)CC(C)(C=C)C=CC. The predicted octanol–water partition coefficient (Wildman–Crippen LogP) is 5.78. The Bertz CT molecular complexity index is 352. The van der Waals surface area contributed by atoms with Gasteiger partial charge in [-0.15, -0.1) is 13.2 Å². The lowest BCUT2D eigenvalue weighted by Crippen LogP contribution is -2.09. The summed E-state index contributed by atoms with van der Waals surface area (Å²) in [5.41, 5.74) is 1.33. The molecule has 0 nitrogen and oxygen atoms in total. The number of allylic oxidation sites excluding steroid dienone is 9. The van der Waals surface area contributed by atoms with Gasteiger partial charge in [-0.05, 0) is 26.2 Å². The van der Waals surface area contributed by atoms with E-state index >= 15 is 0 Å². The van der Waals surface area contributed by atoms with Gasteiger partial charge in [-0.25, -0.2) is 0 Å². The summed E-state index contributed by atoms with van der Waals surface area (Å²) < 4.78 is 0. The van der Waals surface area contributed by atoms with Gasteiger partial charge < -0.3 is 0 Å². The molecule has 1 atom stereocenters. The van der Waals surface area contributed by atoms with Gasteiger partial charge in [0.15, 0.2) is 0 Å². The Balaban J connectivity index is 4.90. The van der Waals surface area contributed by atoms with Crippen molar-refractivity contribution in [1.29, 1.82) is 0 Å². The molecule has 98 valence electrons. The van der Waals surface area contributed by atoms with Crippen molar-refractivity contribution in [1.82, 2.24) is 0 Å². The molecule has 0 aliphatic heterocycles. The van der Waals surface area contributed by atoms with Gasteiger partial charge in [0.05, 0.1) is 0 Å². The summed E-state index contributed by atoms with van der Waals surface area (Å²) in [6.45, 7) is 15.7. The quantitative estimate of drug-likeness (QED) is 0.273. The summed E-state index contributed by atoms with van der Waals surface area (Å²) in [5.74, 6) is 0. The Morgan fingerprint density at radius 1 is 1.17 bits per heavy atom. The molecule has 1 unspecified atom stereocenters. The molecule has 0 spiro atoms. The van der Waals surface area contributed by atoms with Crippen LogP contribution in [0.1, 0.15) is 33.1 Å². The van der Waals surface area contributed by atoms with Crippen molar-refractivity contribution in [3.63, 3.8) is 0 Å². The first-order chi connectivity index (χ1) is 8.61. The lowest BCUT2D eigenvalue weighted by atomic mass is 9.82. The van der Waals surface area contributed by atoms with Crippen LogP contribution in [0.15, 0.2) is 73.9 Å². The van der Waals surface area contributed by atoms with Crippen LogP contribution in [0, 0.1) is 5.41 Å². The highest BCUT2D eigenvalue weighted by molar-refractivity contribution is 5.26. The van der Waals surface area contributed by atoms with Crippen LogP contribution in [-0.2, 0) is 0 Å². The molecular formula is C18H26. The molecule has 0 bridgehead atoms. The Morgan fingerprint density at radius 3 is 2.39 bits per heavy atom. The minimum absolute atomic E-state index is 0.0142. The van der Waals surface area contributed by atoms with Crippen LogP contribution in [-0.4, -0.2) is 0 Å². The van der Waals surface area contributed by atoms with Crippen molar-refractivity contribution in [3.05, 3.63) is 73.9 Å².